The van der Waals surface area contributed by atoms with Crippen molar-refractivity contribution < 1.29 is 9.90 Å². The van der Waals surface area contributed by atoms with E-state index in [1.54, 1.807) is 0 Å². The summed E-state index contributed by atoms with van der Waals surface area (Å²) >= 11 is 3.41. The average molecular weight is 323 g/mol. The normalized spacial score (nSPS) is 10.9. The Morgan fingerprint density at radius 1 is 1.37 bits per heavy atom. The SMILES string of the molecule is CC(C)c1ccc(-c2n[nH]c(CC(=O)O)c2Br)cc1. The van der Waals surface area contributed by atoms with Crippen molar-refractivity contribution >= 4 is 21.9 Å². The molecule has 0 unspecified atom stereocenters. The van der Waals surface area contributed by atoms with Crippen molar-refractivity contribution in [1.82, 2.24) is 10.2 Å². The van der Waals surface area contributed by atoms with Crippen LogP contribution in [-0.2, 0) is 11.2 Å². The number of aliphatic carboxylic acids is 1. The van der Waals surface area contributed by atoms with Crippen molar-refractivity contribution in [1.29, 1.82) is 0 Å². The summed E-state index contributed by atoms with van der Waals surface area (Å²) in [7, 11) is 0. The minimum atomic E-state index is -0.883. The molecule has 0 aliphatic heterocycles. The molecular formula is C14H15BrN2O2. The minimum absolute atomic E-state index is 0.0718. The number of nitrogens with one attached hydrogen (secondary N) is 1. The smallest absolute Gasteiger partial charge is 0.309 e. The standard InChI is InChI=1S/C14H15BrN2O2/c1-8(2)9-3-5-10(6-4-9)14-13(15)11(16-17-14)7-12(18)19/h3-6,8H,7H2,1-2H3,(H,16,17)(H,18,19). The third-order valence-electron chi connectivity index (χ3n) is 2.95. The number of hydrogen-bond donors (Lipinski definition) is 2. The lowest BCUT2D eigenvalue weighted by molar-refractivity contribution is -0.136. The molecule has 0 spiro atoms. The maximum absolute atomic E-state index is 10.7. The number of benzene rings is 1. The van der Waals surface area contributed by atoms with E-state index in [4.69, 9.17) is 5.11 Å². The predicted octanol–water partition coefficient (Wildman–Crippen LogP) is 3.59. The highest BCUT2D eigenvalue weighted by Gasteiger charge is 2.14. The van der Waals surface area contributed by atoms with Crippen LogP contribution in [0, 0.1) is 0 Å². The van der Waals surface area contributed by atoms with Crippen LogP contribution in [0.2, 0.25) is 0 Å². The predicted molar refractivity (Wildman–Crippen MR) is 77.2 cm³/mol. The van der Waals surface area contributed by atoms with E-state index in [-0.39, 0.29) is 6.42 Å². The Balaban J connectivity index is 2.31. The summed E-state index contributed by atoms with van der Waals surface area (Å²) in [6.45, 7) is 4.29. The highest BCUT2D eigenvalue weighted by atomic mass is 79.9. The first-order valence-corrected chi connectivity index (χ1v) is 6.83. The van der Waals surface area contributed by atoms with Gasteiger partial charge in [-0.3, -0.25) is 9.89 Å². The number of carboxylic acids is 1. The Labute approximate surface area is 120 Å². The molecule has 0 saturated carbocycles. The third kappa shape index (κ3) is 3.04. The van der Waals surface area contributed by atoms with Gasteiger partial charge in [-0.1, -0.05) is 38.1 Å². The van der Waals surface area contributed by atoms with Crippen molar-refractivity contribution in [3.8, 4) is 11.3 Å². The van der Waals surface area contributed by atoms with E-state index in [2.05, 4.69) is 52.1 Å². The van der Waals surface area contributed by atoms with Crippen LogP contribution >= 0.6 is 15.9 Å². The minimum Gasteiger partial charge on any atom is -0.481 e. The molecule has 0 saturated heterocycles. The Bertz CT molecular complexity index is 588. The zero-order valence-corrected chi connectivity index (χ0v) is 12.4. The highest BCUT2D eigenvalue weighted by Crippen LogP contribution is 2.30. The molecule has 0 atom stereocenters. The lowest BCUT2D eigenvalue weighted by Gasteiger charge is -2.05. The second-order valence-electron chi connectivity index (χ2n) is 4.71. The fourth-order valence-corrected chi connectivity index (χ4v) is 2.40. The van der Waals surface area contributed by atoms with Crippen LogP contribution in [0.25, 0.3) is 11.3 Å². The summed E-state index contributed by atoms with van der Waals surface area (Å²) in [6.07, 6.45) is -0.0718. The summed E-state index contributed by atoms with van der Waals surface area (Å²) in [5.41, 5.74) is 3.55. The molecule has 4 nitrogen and oxygen atoms in total. The molecule has 1 aromatic heterocycles. The van der Waals surface area contributed by atoms with Crippen LogP contribution in [0.4, 0.5) is 0 Å². The zero-order chi connectivity index (χ0) is 14.0. The zero-order valence-electron chi connectivity index (χ0n) is 10.8. The molecule has 0 bridgehead atoms. The number of hydrogen-bond acceptors (Lipinski definition) is 2. The highest BCUT2D eigenvalue weighted by molar-refractivity contribution is 9.10. The fraction of sp³-hybridized carbons (Fsp3) is 0.286. The van der Waals surface area contributed by atoms with Gasteiger partial charge in [0.2, 0.25) is 0 Å². The molecular weight excluding hydrogens is 308 g/mol. The lowest BCUT2D eigenvalue weighted by atomic mass is 10.0. The van der Waals surface area contributed by atoms with Crippen LogP contribution < -0.4 is 0 Å². The van der Waals surface area contributed by atoms with E-state index >= 15 is 0 Å². The molecule has 0 amide bonds. The van der Waals surface area contributed by atoms with Crippen LogP contribution in [0.3, 0.4) is 0 Å². The van der Waals surface area contributed by atoms with Crippen LogP contribution in [0.1, 0.15) is 31.0 Å². The molecule has 2 rings (SSSR count). The van der Waals surface area contributed by atoms with E-state index < -0.39 is 5.97 Å². The summed E-state index contributed by atoms with van der Waals surface area (Å²) in [4.78, 5) is 10.7. The third-order valence-corrected chi connectivity index (χ3v) is 3.81. The molecule has 0 aliphatic rings. The van der Waals surface area contributed by atoms with Gasteiger partial charge in [-0.2, -0.15) is 5.10 Å². The fourth-order valence-electron chi connectivity index (χ4n) is 1.85. The van der Waals surface area contributed by atoms with Gasteiger partial charge in [0, 0.05) is 5.56 Å². The van der Waals surface area contributed by atoms with Gasteiger partial charge in [0.25, 0.3) is 0 Å². The molecule has 19 heavy (non-hydrogen) atoms. The lowest BCUT2D eigenvalue weighted by Crippen LogP contribution is -2.00. The number of aromatic nitrogens is 2. The number of nitrogens with zero attached hydrogens (tertiary/aromatic N) is 1. The number of aromatic amines is 1. The monoisotopic (exact) mass is 322 g/mol. The quantitative estimate of drug-likeness (QED) is 0.904. The van der Waals surface area contributed by atoms with Crippen molar-refractivity contribution in [2.75, 3.05) is 0 Å². The van der Waals surface area contributed by atoms with Gasteiger partial charge in [0.15, 0.2) is 0 Å². The van der Waals surface area contributed by atoms with Gasteiger partial charge >= 0.3 is 5.97 Å². The van der Waals surface area contributed by atoms with E-state index in [9.17, 15) is 4.79 Å². The van der Waals surface area contributed by atoms with Crippen molar-refractivity contribution in [2.24, 2.45) is 0 Å². The van der Waals surface area contributed by atoms with Crippen molar-refractivity contribution in [3.05, 3.63) is 40.0 Å². The largest absolute Gasteiger partial charge is 0.481 e. The molecule has 1 aromatic carbocycles. The van der Waals surface area contributed by atoms with E-state index in [1.807, 2.05) is 12.1 Å². The first-order valence-electron chi connectivity index (χ1n) is 6.04. The average Bonchev–Trinajstić information content (AvgIpc) is 2.70. The number of rotatable bonds is 4. The van der Waals surface area contributed by atoms with Gasteiger partial charge in [-0.05, 0) is 27.4 Å². The van der Waals surface area contributed by atoms with E-state index in [1.165, 1.54) is 5.56 Å². The Kier molecular flexibility index (Phi) is 4.04. The summed E-state index contributed by atoms with van der Waals surface area (Å²) in [6, 6.07) is 8.14. The Morgan fingerprint density at radius 2 is 2.00 bits per heavy atom. The molecule has 0 fully saturated rings. The molecule has 0 radical (unpaired) electrons. The van der Waals surface area contributed by atoms with Crippen LogP contribution in [-0.4, -0.2) is 21.3 Å². The van der Waals surface area contributed by atoms with Crippen LogP contribution in [0.15, 0.2) is 28.7 Å². The van der Waals surface area contributed by atoms with Gasteiger partial charge in [-0.15, -0.1) is 0 Å². The van der Waals surface area contributed by atoms with Crippen molar-refractivity contribution in [2.45, 2.75) is 26.2 Å². The van der Waals surface area contributed by atoms with Crippen molar-refractivity contribution in [3.63, 3.8) is 0 Å². The molecule has 2 aromatic rings. The summed E-state index contributed by atoms with van der Waals surface area (Å²) in [5.74, 6) is -0.398. The molecule has 2 N–H and O–H groups in total. The summed E-state index contributed by atoms with van der Waals surface area (Å²) < 4.78 is 0.715. The Hall–Kier alpha value is -1.62. The number of carboxylic acid groups (broad SMARTS) is 1. The second-order valence-corrected chi connectivity index (χ2v) is 5.50. The molecule has 100 valence electrons. The van der Waals surface area contributed by atoms with E-state index in [0.29, 0.717) is 16.1 Å². The second kappa shape index (κ2) is 5.57. The van der Waals surface area contributed by atoms with Gasteiger partial charge in [-0.25, -0.2) is 0 Å². The molecule has 5 heteroatoms. The van der Waals surface area contributed by atoms with Gasteiger partial charge in [0.05, 0.1) is 16.6 Å². The summed E-state index contributed by atoms with van der Waals surface area (Å²) in [5, 5.41) is 15.7. The first-order chi connectivity index (χ1) is 8.99. The maximum atomic E-state index is 10.7. The number of H-pyrrole nitrogens is 1. The molecule has 0 aliphatic carbocycles. The number of carbonyl (C=O) groups is 1. The number of halogens is 1. The van der Waals surface area contributed by atoms with Gasteiger partial charge < -0.3 is 5.11 Å². The van der Waals surface area contributed by atoms with Gasteiger partial charge in [0.1, 0.15) is 5.69 Å². The van der Waals surface area contributed by atoms with Crippen LogP contribution in [0.5, 0.6) is 0 Å². The molecule has 1 heterocycles. The maximum Gasteiger partial charge on any atom is 0.309 e. The van der Waals surface area contributed by atoms with E-state index in [0.717, 1.165) is 11.3 Å². The topological polar surface area (TPSA) is 66.0 Å². The Morgan fingerprint density at radius 3 is 2.53 bits per heavy atom. The first kappa shape index (κ1) is 13.8.